The van der Waals surface area contributed by atoms with E-state index in [-0.39, 0.29) is 0 Å². The molecule has 3 aromatic rings. The van der Waals surface area contributed by atoms with Gasteiger partial charge in [0, 0.05) is 35.9 Å². The van der Waals surface area contributed by atoms with Gasteiger partial charge in [-0.2, -0.15) is 10.1 Å². The zero-order valence-corrected chi connectivity index (χ0v) is 16.1. The molecular weight excluding hydrogens is 358 g/mol. The quantitative estimate of drug-likeness (QED) is 0.640. The smallest absolute Gasteiger partial charge is 0.226 e. The molecule has 4 atom stereocenters. The summed E-state index contributed by atoms with van der Waals surface area (Å²) < 4.78 is 0. The van der Waals surface area contributed by atoms with Crippen LogP contribution in [0.15, 0.2) is 17.5 Å². The van der Waals surface area contributed by atoms with Gasteiger partial charge in [0.25, 0.3) is 0 Å². The Hall–Kier alpha value is -2.19. The van der Waals surface area contributed by atoms with E-state index in [1.807, 2.05) is 13.0 Å². The van der Waals surface area contributed by atoms with Gasteiger partial charge in [0.1, 0.15) is 10.6 Å². The van der Waals surface area contributed by atoms with Crippen molar-refractivity contribution in [1.29, 1.82) is 0 Å². The maximum Gasteiger partial charge on any atom is 0.226 e. The topological polar surface area (TPSA) is 81.8 Å². The molecule has 3 aliphatic rings. The van der Waals surface area contributed by atoms with Gasteiger partial charge < -0.3 is 10.6 Å². The lowest BCUT2D eigenvalue weighted by Gasteiger charge is -2.53. The number of aromatic nitrogens is 4. The molecule has 140 valence electrons. The van der Waals surface area contributed by atoms with Crippen molar-refractivity contribution in [2.24, 2.45) is 0 Å². The number of nitrogens with one attached hydrogen (secondary N) is 3. The molecule has 1 unspecified atom stereocenters. The zero-order chi connectivity index (χ0) is 18.0. The van der Waals surface area contributed by atoms with E-state index in [0.717, 1.165) is 51.6 Å². The number of hydrogen-bond donors (Lipinski definition) is 3. The van der Waals surface area contributed by atoms with E-state index in [0.29, 0.717) is 6.04 Å². The molecule has 6 rings (SSSR count). The Kier molecular flexibility index (Phi) is 3.46. The van der Waals surface area contributed by atoms with E-state index in [9.17, 15) is 0 Å². The first-order valence-electron chi connectivity index (χ1n) is 9.81. The van der Waals surface area contributed by atoms with Gasteiger partial charge in [-0.15, -0.1) is 11.3 Å². The molecule has 0 saturated carbocycles. The summed E-state index contributed by atoms with van der Waals surface area (Å²) in [6.45, 7) is 1.99. The molecule has 3 N–H and O–H groups in total. The van der Waals surface area contributed by atoms with Gasteiger partial charge in [-0.3, -0.25) is 10.00 Å². The van der Waals surface area contributed by atoms with Crippen LogP contribution in [0.3, 0.4) is 0 Å². The van der Waals surface area contributed by atoms with Crippen molar-refractivity contribution in [3.05, 3.63) is 23.2 Å². The molecule has 0 amide bonds. The normalized spacial score (nSPS) is 29.5. The van der Waals surface area contributed by atoms with Crippen LogP contribution >= 0.6 is 11.3 Å². The van der Waals surface area contributed by atoms with Gasteiger partial charge >= 0.3 is 0 Å². The van der Waals surface area contributed by atoms with E-state index in [2.05, 4.69) is 37.2 Å². The maximum atomic E-state index is 4.80. The molecule has 0 spiro atoms. The molecule has 7 nitrogen and oxygen atoms in total. The average Bonchev–Trinajstić information content (AvgIpc) is 3.32. The van der Waals surface area contributed by atoms with Gasteiger partial charge in [0.05, 0.1) is 5.39 Å². The van der Waals surface area contributed by atoms with Crippen LogP contribution in [0.5, 0.6) is 0 Å². The number of anilines is 3. The molecule has 27 heavy (non-hydrogen) atoms. The van der Waals surface area contributed by atoms with E-state index >= 15 is 0 Å². The number of aryl methyl sites for hydroxylation is 1. The summed E-state index contributed by atoms with van der Waals surface area (Å²) in [7, 11) is 0. The van der Waals surface area contributed by atoms with E-state index in [1.165, 1.54) is 32.1 Å². The number of fused-ring (bicyclic) bond motifs is 1. The van der Waals surface area contributed by atoms with Crippen molar-refractivity contribution in [3.63, 3.8) is 0 Å². The molecule has 6 heterocycles. The highest BCUT2D eigenvalue weighted by atomic mass is 32.1. The van der Waals surface area contributed by atoms with Crippen LogP contribution in [0, 0.1) is 6.92 Å². The Labute approximate surface area is 161 Å². The summed E-state index contributed by atoms with van der Waals surface area (Å²) in [5, 5.41) is 17.4. The number of H-pyrrole nitrogens is 1. The second-order valence-electron chi connectivity index (χ2n) is 8.13. The minimum Gasteiger partial charge on any atom is -0.351 e. The Morgan fingerprint density at radius 1 is 1.15 bits per heavy atom. The van der Waals surface area contributed by atoms with Crippen molar-refractivity contribution in [2.75, 3.05) is 10.6 Å². The summed E-state index contributed by atoms with van der Waals surface area (Å²) in [5.74, 6) is 2.33. The van der Waals surface area contributed by atoms with Crippen molar-refractivity contribution >= 4 is 39.1 Å². The number of hydrogen-bond acceptors (Lipinski definition) is 7. The van der Waals surface area contributed by atoms with Crippen molar-refractivity contribution < 1.29 is 0 Å². The predicted molar refractivity (Wildman–Crippen MR) is 108 cm³/mol. The standard InChI is InChI=1S/C19H23N7S/c1-10-6-16(25-24-10)21-17-15-4-5-27-18(15)23-19(22-17)20-11-7-12-2-3-13-9-14(8-11)26(12)13/h4-6,11-14H,2-3,7-9H2,1H3,(H3,20,21,22,23,24,25)/t11-,12-,13?,14-/m0/s1. The average molecular weight is 382 g/mol. The SMILES string of the molecule is Cc1cc(Nc2nc(N[C@@H]3C[C@H]4CC5CC[C@@H](C3)N54)nc3sccc23)n[nH]1. The van der Waals surface area contributed by atoms with E-state index < -0.39 is 0 Å². The summed E-state index contributed by atoms with van der Waals surface area (Å²) >= 11 is 1.65. The number of piperidine rings is 1. The van der Waals surface area contributed by atoms with Gasteiger partial charge in [-0.05, 0) is 50.5 Å². The third-order valence-electron chi connectivity index (χ3n) is 6.37. The number of thiophene rings is 1. The van der Waals surface area contributed by atoms with Crippen LogP contribution in [0.1, 0.15) is 37.8 Å². The van der Waals surface area contributed by atoms with E-state index in [1.54, 1.807) is 11.3 Å². The molecule has 0 radical (unpaired) electrons. The first kappa shape index (κ1) is 15.8. The molecule has 0 aliphatic carbocycles. The maximum absolute atomic E-state index is 4.80. The summed E-state index contributed by atoms with van der Waals surface area (Å²) in [6.07, 6.45) is 6.54. The highest BCUT2D eigenvalue weighted by molar-refractivity contribution is 7.16. The third kappa shape index (κ3) is 2.62. The Balaban J connectivity index is 1.27. The van der Waals surface area contributed by atoms with Gasteiger partial charge in [-0.25, -0.2) is 4.98 Å². The van der Waals surface area contributed by atoms with Crippen LogP contribution < -0.4 is 10.6 Å². The van der Waals surface area contributed by atoms with Crippen LogP contribution in [0.25, 0.3) is 10.2 Å². The van der Waals surface area contributed by atoms with Gasteiger partial charge in [0.15, 0.2) is 5.82 Å². The van der Waals surface area contributed by atoms with Crippen molar-refractivity contribution in [2.45, 2.75) is 63.2 Å². The molecule has 3 fully saturated rings. The zero-order valence-electron chi connectivity index (χ0n) is 15.3. The highest BCUT2D eigenvalue weighted by Crippen LogP contribution is 2.46. The van der Waals surface area contributed by atoms with Crippen LogP contribution in [-0.4, -0.2) is 49.2 Å². The van der Waals surface area contributed by atoms with Crippen LogP contribution in [-0.2, 0) is 0 Å². The Morgan fingerprint density at radius 2 is 2.00 bits per heavy atom. The molecule has 8 heteroatoms. The Morgan fingerprint density at radius 3 is 2.85 bits per heavy atom. The van der Waals surface area contributed by atoms with Crippen LogP contribution in [0.2, 0.25) is 0 Å². The second kappa shape index (κ2) is 5.90. The summed E-state index contributed by atoms with van der Waals surface area (Å²) in [4.78, 5) is 13.4. The van der Waals surface area contributed by atoms with Crippen LogP contribution in [0.4, 0.5) is 17.6 Å². The third-order valence-corrected chi connectivity index (χ3v) is 7.17. The monoisotopic (exact) mass is 381 g/mol. The summed E-state index contributed by atoms with van der Waals surface area (Å²) in [6, 6.07) is 6.92. The lowest BCUT2D eigenvalue weighted by molar-refractivity contribution is -0.0180. The minimum atomic E-state index is 0.466. The Bertz CT molecular complexity index is 995. The molecule has 3 saturated heterocycles. The minimum absolute atomic E-state index is 0.466. The first-order valence-corrected chi connectivity index (χ1v) is 10.7. The fraction of sp³-hybridized carbons (Fsp3) is 0.526. The van der Waals surface area contributed by atoms with Crippen molar-refractivity contribution in [1.82, 2.24) is 25.1 Å². The fourth-order valence-corrected chi connectivity index (χ4v) is 6.01. The second-order valence-corrected chi connectivity index (χ2v) is 9.03. The number of rotatable bonds is 4. The molecule has 3 aromatic heterocycles. The molecule has 3 aliphatic heterocycles. The lowest BCUT2D eigenvalue weighted by Crippen LogP contribution is -2.61. The molecular formula is C19H23N7S. The lowest BCUT2D eigenvalue weighted by atomic mass is 9.83. The van der Waals surface area contributed by atoms with Crippen molar-refractivity contribution in [3.8, 4) is 0 Å². The number of aromatic amines is 1. The first-order chi connectivity index (χ1) is 13.2. The fourth-order valence-electron chi connectivity index (χ4n) is 5.24. The summed E-state index contributed by atoms with van der Waals surface area (Å²) in [5.41, 5.74) is 1.02. The van der Waals surface area contributed by atoms with Gasteiger partial charge in [0.2, 0.25) is 5.95 Å². The van der Waals surface area contributed by atoms with Gasteiger partial charge in [-0.1, -0.05) is 0 Å². The molecule has 0 aromatic carbocycles. The van der Waals surface area contributed by atoms with E-state index in [4.69, 9.17) is 9.97 Å². The predicted octanol–water partition coefficient (Wildman–Crippen LogP) is 3.65. The number of nitrogens with zero attached hydrogens (tertiary/aromatic N) is 4. The molecule has 0 bridgehead atoms. The highest BCUT2D eigenvalue weighted by Gasteiger charge is 2.50. The largest absolute Gasteiger partial charge is 0.351 e.